The number of anilines is 2. The summed E-state index contributed by atoms with van der Waals surface area (Å²) in [7, 11) is 1.71. The maximum absolute atomic E-state index is 13.3. The van der Waals surface area contributed by atoms with E-state index in [9.17, 15) is 4.79 Å². The highest BCUT2D eigenvalue weighted by molar-refractivity contribution is 6.05. The number of pyridine rings is 1. The molecule has 3 aromatic rings. The zero-order valence-corrected chi connectivity index (χ0v) is 18.8. The van der Waals surface area contributed by atoms with E-state index in [0.29, 0.717) is 17.9 Å². The van der Waals surface area contributed by atoms with Crippen LogP contribution in [-0.2, 0) is 0 Å². The second-order valence-electron chi connectivity index (χ2n) is 8.01. The normalized spacial score (nSPS) is 14.2. The summed E-state index contributed by atoms with van der Waals surface area (Å²) in [5.41, 5.74) is 2.90. The van der Waals surface area contributed by atoms with Crippen LogP contribution in [0, 0.1) is 6.92 Å². The molecule has 0 N–H and O–H groups in total. The average Bonchev–Trinajstić information content (AvgIpc) is 2.85. The molecule has 0 atom stereocenters. The first-order valence-electron chi connectivity index (χ1n) is 11.1. The Morgan fingerprint density at radius 3 is 2.50 bits per heavy atom. The molecular weight excluding hydrogens is 400 g/mol. The molecule has 1 fully saturated rings. The first-order chi connectivity index (χ1) is 15.7. The zero-order valence-electron chi connectivity index (χ0n) is 18.8. The van der Waals surface area contributed by atoms with Crippen LogP contribution in [0.15, 0.2) is 72.9 Å². The number of hydrogen-bond donors (Lipinski definition) is 0. The summed E-state index contributed by atoms with van der Waals surface area (Å²) >= 11 is 0. The smallest absolute Gasteiger partial charge is 0.259 e. The number of benzene rings is 2. The molecule has 166 valence electrons. The van der Waals surface area contributed by atoms with Gasteiger partial charge in [-0.15, -0.1) is 0 Å². The number of para-hydroxylation sites is 2. The molecule has 0 radical (unpaired) electrons. The second-order valence-corrected chi connectivity index (χ2v) is 8.01. The van der Waals surface area contributed by atoms with Crippen LogP contribution < -0.4 is 14.5 Å². The zero-order chi connectivity index (χ0) is 22.3. The summed E-state index contributed by atoms with van der Waals surface area (Å²) in [4.78, 5) is 24.3. The van der Waals surface area contributed by atoms with Gasteiger partial charge in [0.15, 0.2) is 0 Å². The number of rotatable bonds is 7. The number of piperazine rings is 1. The molecule has 6 nitrogen and oxygen atoms in total. The van der Waals surface area contributed by atoms with Gasteiger partial charge in [-0.2, -0.15) is 0 Å². The van der Waals surface area contributed by atoms with E-state index in [1.807, 2.05) is 67.6 Å². The van der Waals surface area contributed by atoms with Crippen LogP contribution in [0.25, 0.3) is 0 Å². The van der Waals surface area contributed by atoms with Crippen LogP contribution >= 0.6 is 0 Å². The van der Waals surface area contributed by atoms with Gasteiger partial charge in [-0.1, -0.05) is 35.9 Å². The van der Waals surface area contributed by atoms with Gasteiger partial charge < -0.3 is 9.64 Å². The predicted octanol–water partition coefficient (Wildman–Crippen LogP) is 3.87. The van der Waals surface area contributed by atoms with Crippen LogP contribution in [-0.4, -0.2) is 62.2 Å². The molecule has 0 spiro atoms. The van der Waals surface area contributed by atoms with Crippen molar-refractivity contribution in [2.75, 3.05) is 56.2 Å². The third-order valence-electron chi connectivity index (χ3n) is 5.87. The lowest BCUT2D eigenvalue weighted by atomic mass is 10.1. The Balaban J connectivity index is 1.41. The minimum atomic E-state index is -0.0138. The molecule has 2 heterocycles. The fourth-order valence-electron chi connectivity index (χ4n) is 4.11. The molecular formula is C26H30N4O2. The monoisotopic (exact) mass is 430 g/mol. The predicted molar refractivity (Wildman–Crippen MR) is 129 cm³/mol. The number of aryl methyl sites for hydroxylation is 1. The molecule has 0 aliphatic carbocycles. The molecule has 0 bridgehead atoms. The Kier molecular flexibility index (Phi) is 7.02. The third kappa shape index (κ3) is 5.08. The van der Waals surface area contributed by atoms with Crippen LogP contribution in [0.1, 0.15) is 15.9 Å². The quantitative estimate of drug-likeness (QED) is 0.570. The SMILES string of the molecule is COc1ccccc1N1CCN(CCN(C(=O)c2cccc(C)c2)c2ccccn2)CC1. The molecule has 32 heavy (non-hydrogen) atoms. The highest BCUT2D eigenvalue weighted by Crippen LogP contribution is 2.28. The van der Waals surface area contributed by atoms with Gasteiger partial charge >= 0.3 is 0 Å². The minimum Gasteiger partial charge on any atom is -0.495 e. The largest absolute Gasteiger partial charge is 0.495 e. The number of carbonyl (C=O) groups is 1. The molecule has 1 saturated heterocycles. The highest BCUT2D eigenvalue weighted by atomic mass is 16.5. The van der Waals surface area contributed by atoms with E-state index in [0.717, 1.165) is 49.7 Å². The van der Waals surface area contributed by atoms with Gasteiger partial charge in [0.05, 0.1) is 12.8 Å². The summed E-state index contributed by atoms with van der Waals surface area (Å²) in [6, 6.07) is 21.6. The van der Waals surface area contributed by atoms with Gasteiger partial charge in [-0.25, -0.2) is 4.98 Å². The van der Waals surface area contributed by atoms with Crippen molar-refractivity contribution in [2.24, 2.45) is 0 Å². The van der Waals surface area contributed by atoms with Crippen LogP contribution in [0.2, 0.25) is 0 Å². The standard InChI is InChI=1S/C26H30N4O2/c1-21-8-7-9-22(20-21)26(31)30(25-12-5-6-13-27-25)19-16-28-14-17-29(18-15-28)23-10-3-4-11-24(23)32-2/h3-13,20H,14-19H2,1-2H3. The highest BCUT2D eigenvalue weighted by Gasteiger charge is 2.23. The average molecular weight is 431 g/mol. The first kappa shape index (κ1) is 21.8. The van der Waals surface area contributed by atoms with E-state index >= 15 is 0 Å². The van der Waals surface area contributed by atoms with Gasteiger partial charge in [-0.05, 0) is 43.3 Å². The van der Waals surface area contributed by atoms with Crippen molar-refractivity contribution in [1.82, 2.24) is 9.88 Å². The summed E-state index contributed by atoms with van der Waals surface area (Å²) in [5, 5.41) is 0. The lowest BCUT2D eigenvalue weighted by Gasteiger charge is -2.37. The number of amides is 1. The van der Waals surface area contributed by atoms with Crippen molar-refractivity contribution in [2.45, 2.75) is 6.92 Å². The van der Waals surface area contributed by atoms with Crippen molar-refractivity contribution < 1.29 is 9.53 Å². The fourth-order valence-corrected chi connectivity index (χ4v) is 4.11. The minimum absolute atomic E-state index is 0.0138. The number of methoxy groups -OCH3 is 1. The molecule has 1 aliphatic rings. The van der Waals surface area contributed by atoms with Crippen molar-refractivity contribution in [3.8, 4) is 5.75 Å². The molecule has 0 saturated carbocycles. The second kappa shape index (κ2) is 10.3. The molecule has 1 amide bonds. The third-order valence-corrected chi connectivity index (χ3v) is 5.87. The Labute approximate surface area is 190 Å². The van der Waals surface area contributed by atoms with Gasteiger partial charge in [0, 0.05) is 51.0 Å². The first-order valence-corrected chi connectivity index (χ1v) is 11.1. The number of aromatic nitrogens is 1. The van der Waals surface area contributed by atoms with Crippen LogP contribution in [0.4, 0.5) is 11.5 Å². The van der Waals surface area contributed by atoms with Gasteiger partial charge in [0.25, 0.3) is 5.91 Å². The maximum atomic E-state index is 13.3. The summed E-state index contributed by atoms with van der Waals surface area (Å²) in [6.07, 6.45) is 1.73. The van der Waals surface area contributed by atoms with E-state index in [-0.39, 0.29) is 5.91 Å². The fraction of sp³-hybridized carbons (Fsp3) is 0.308. The van der Waals surface area contributed by atoms with Crippen molar-refractivity contribution in [1.29, 1.82) is 0 Å². The summed E-state index contributed by atoms with van der Waals surface area (Å²) in [6.45, 7) is 7.13. The van der Waals surface area contributed by atoms with E-state index in [4.69, 9.17) is 4.74 Å². The Morgan fingerprint density at radius 1 is 1.00 bits per heavy atom. The molecule has 4 rings (SSSR count). The van der Waals surface area contributed by atoms with E-state index in [1.54, 1.807) is 18.2 Å². The van der Waals surface area contributed by atoms with E-state index in [1.165, 1.54) is 0 Å². The summed E-state index contributed by atoms with van der Waals surface area (Å²) < 4.78 is 5.52. The number of ether oxygens (including phenoxy) is 1. The lowest BCUT2D eigenvalue weighted by Crippen LogP contribution is -2.49. The van der Waals surface area contributed by atoms with Gasteiger partial charge in [0.1, 0.15) is 11.6 Å². The number of carbonyl (C=O) groups excluding carboxylic acids is 1. The van der Waals surface area contributed by atoms with Crippen molar-refractivity contribution >= 4 is 17.4 Å². The van der Waals surface area contributed by atoms with Crippen LogP contribution in [0.5, 0.6) is 5.75 Å². The van der Waals surface area contributed by atoms with Crippen molar-refractivity contribution in [3.05, 3.63) is 84.1 Å². The number of nitrogens with zero attached hydrogens (tertiary/aromatic N) is 4. The molecule has 0 unspecified atom stereocenters. The summed E-state index contributed by atoms with van der Waals surface area (Å²) in [5.74, 6) is 1.58. The lowest BCUT2D eigenvalue weighted by molar-refractivity contribution is 0.0982. The van der Waals surface area contributed by atoms with Gasteiger partial charge in [0.2, 0.25) is 0 Å². The van der Waals surface area contributed by atoms with E-state index < -0.39 is 0 Å². The van der Waals surface area contributed by atoms with E-state index in [2.05, 4.69) is 20.9 Å². The molecule has 1 aliphatic heterocycles. The maximum Gasteiger partial charge on any atom is 0.259 e. The Bertz CT molecular complexity index is 1030. The molecule has 1 aromatic heterocycles. The molecule has 6 heteroatoms. The van der Waals surface area contributed by atoms with Crippen LogP contribution in [0.3, 0.4) is 0 Å². The van der Waals surface area contributed by atoms with Crippen molar-refractivity contribution in [3.63, 3.8) is 0 Å². The van der Waals surface area contributed by atoms with Gasteiger partial charge in [-0.3, -0.25) is 14.6 Å². The Morgan fingerprint density at radius 2 is 1.78 bits per heavy atom. The molecule has 2 aromatic carbocycles. The number of hydrogen-bond acceptors (Lipinski definition) is 5. The topological polar surface area (TPSA) is 48.9 Å². The Hall–Kier alpha value is -3.38.